The molecule has 1 rings (SSSR count). The van der Waals surface area contributed by atoms with Crippen molar-refractivity contribution in [1.82, 2.24) is 0 Å². The third-order valence-corrected chi connectivity index (χ3v) is 2.34. The lowest BCUT2D eigenvalue weighted by Crippen LogP contribution is -2.28. The van der Waals surface area contributed by atoms with Crippen LogP contribution in [0.1, 0.15) is 12.5 Å². The lowest BCUT2D eigenvalue weighted by Gasteiger charge is -2.18. The number of halogens is 3. The Morgan fingerprint density at radius 2 is 2.12 bits per heavy atom. The average Bonchev–Trinajstić information content (AvgIpc) is 2.29. The number of esters is 1. The molecule has 94 valence electrons. The molecule has 1 aromatic rings. The van der Waals surface area contributed by atoms with Gasteiger partial charge in [-0.1, -0.05) is 17.7 Å². The van der Waals surface area contributed by atoms with Crippen LogP contribution < -0.4 is 4.74 Å². The third-order valence-electron chi connectivity index (χ3n) is 2.04. The molecule has 0 spiro atoms. The summed E-state index contributed by atoms with van der Waals surface area (Å²) in [6.45, 7) is 1.32. The summed E-state index contributed by atoms with van der Waals surface area (Å²) in [7, 11) is 1.20. The van der Waals surface area contributed by atoms with Gasteiger partial charge < -0.3 is 9.47 Å². The smallest absolute Gasteiger partial charge is 0.382 e. The first kappa shape index (κ1) is 13.7. The monoisotopic (exact) mass is 264 g/mol. The highest BCUT2D eigenvalue weighted by molar-refractivity contribution is 6.32. The fraction of sp³-hybridized carbons (Fsp3) is 0.364. The largest absolute Gasteiger partial charge is 0.495 e. The minimum Gasteiger partial charge on any atom is -0.495 e. The second kappa shape index (κ2) is 5.31. The molecule has 0 unspecified atom stereocenters. The van der Waals surface area contributed by atoms with Crippen LogP contribution in [0.5, 0.6) is 5.75 Å². The molecule has 17 heavy (non-hydrogen) atoms. The summed E-state index contributed by atoms with van der Waals surface area (Å²) in [5, 5.41) is 0.00831. The molecule has 6 heteroatoms. The summed E-state index contributed by atoms with van der Waals surface area (Å²) in [5.41, 5.74) is -0.606. The van der Waals surface area contributed by atoms with E-state index in [0.29, 0.717) is 0 Å². The maximum Gasteiger partial charge on any atom is 0.382 e. The van der Waals surface area contributed by atoms with Crippen LogP contribution in [0.2, 0.25) is 5.02 Å². The van der Waals surface area contributed by atoms with Crippen LogP contribution in [0.3, 0.4) is 0 Å². The van der Waals surface area contributed by atoms with Crippen molar-refractivity contribution in [3.63, 3.8) is 0 Å². The van der Waals surface area contributed by atoms with Gasteiger partial charge in [0.25, 0.3) is 0 Å². The SMILES string of the molecule is CCOC(=O)C(F)(F)c1cccc(Cl)c1OC. The van der Waals surface area contributed by atoms with E-state index in [1.165, 1.54) is 26.2 Å². The number of ether oxygens (including phenoxy) is 2. The molecule has 0 saturated carbocycles. The molecule has 0 aliphatic carbocycles. The molecule has 0 aliphatic heterocycles. The Hall–Kier alpha value is -1.36. The van der Waals surface area contributed by atoms with E-state index in [4.69, 9.17) is 16.3 Å². The maximum absolute atomic E-state index is 13.8. The van der Waals surface area contributed by atoms with Crippen molar-refractivity contribution in [2.45, 2.75) is 12.8 Å². The molecule has 0 atom stereocenters. The van der Waals surface area contributed by atoms with E-state index in [1.807, 2.05) is 0 Å². The Morgan fingerprint density at radius 3 is 2.65 bits per heavy atom. The van der Waals surface area contributed by atoms with Gasteiger partial charge in [-0.3, -0.25) is 0 Å². The molecule has 0 aliphatic rings. The van der Waals surface area contributed by atoms with Gasteiger partial charge in [-0.25, -0.2) is 4.79 Å². The van der Waals surface area contributed by atoms with Crippen molar-refractivity contribution in [2.24, 2.45) is 0 Å². The Bertz CT molecular complexity index is 421. The van der Waals surface area contributed by atoms with E-state index in [-0.39, 0.29) is 17.4 Å². The summed E-state index contributed by atoms with van der Waals surface area (Å²) in [5.74, 6) is -5.64. The summed E-state index contributed by atoms with van der Waals surface area (Å²) in [6, 6.07) is 3.78. The molecule has 0 saturated heterocycles. The lowest BCUT2D eigenvalue weighted by atomic mass is 10.1. The van der Waals surface area contributed by atoms with Gasteiger partial charge in [-0.15, -0.1) is 0 Å². The molecule has 3 nitrogen and oxygen atoms in total. The molecule has 1 aromatic carbocycles. The summed E-state index contributed by atoms with van der Waals surface area (Å²) < 4.78 is 36.6. The zero-order valence-electron chi connectivity index (χ0n) is 9.30. The van der Waals surface area contributed by atoms with Gasteiger partial charge in [0.2, 0.25) is 0 Å². The van der Waals surface area contributed by atoms with Gasteiger partial charge in [0.1, 0.15) is 5.75 Å². The van der Waals surface area contributed by atoms with Crippen molar-refractivity contribution < 1.29 is 23.0 Å². The summed E-state index contributed by atoms with van der Waals surface area (Å²) >= 11 is 5.71. The first-order chi connectivity index (χ1) is 7.95. The molecule has 0 amide bonds. The predicted octanol–water partition coefficient (Wildman–Crippen LogP) is 3.00. The van der Waals surface area contributed by atoms with E-state index in [9.17, 15) is 13.6 Å². The third kappa shape index (κ3) is 2.66. The van der Waals surface area contributed by atoms with Crippen LogP contribution in [-0.2, 0) is 15.5 Å². The van der Waals surface area contributed by atoms with E-state index in [0.717, 1.165) is 6.07 Å². The van der Waals surface area contributed by atoms with Crippen molar-refractivity contribution in [3.05, 3.63) is 28.8 Å². The Labute approximate surface area is 102 Å². The number of hydrogen-bond donors (Lipinski definition) is 0. The van der Waals surface area contributed by atoms with E-state index < -0.39 is 17.5 Å². The van der Waals surface area contributed by atoms with Crippen LogP contribution in [0.25, 0.3) is 0 Å². The molecule has 0 fully saturated rings. The standard InChI is InChI=1S/C11H11ClF2O3/c1-3-17-10(15)11(13,14)7-5-4-6-8(12)9(7)16-2/h4-6H,3H2,1-2H3. The minimum atomic E-state index is -3.79. The van der Waals surface area contributed by atoms with Crippen LogP contribution in [0.4, 0.5) is 8.78 Å². The van der Waals surface area contributed by atoms with E-state index in [1.54, 1.807) is 0 Å². The Morgan fingerprint density at radius 1 is 1.47 bits per heavy atom. The molecule has 0 radical (unpaired) electrons. The quantitative estimate of drug-likeness (QED) is 0.784. The molecule has 0 N–H and O–H groups in total. The van der Waals surface area contributed by atoms with Crippen LogP contribution in [-0.4, -0.2) is 19.7 Å². The van der Waals surface area contributed by atoms with E-state index >= 15 is 0 Å². The van der Waals surface area contributed by atoms with Crippen LogP contribution in [0, 0.1) is 0 Å². The highest BCUT2D eigenvalue weighted by Crippen LogP contribution is 2.39. The van der Waals surface area contributed by atoms with Gasteiger partial charge in [-0.05, 0) is 19.1 Å². The first-order valence-corrected chi connectivity index (χ1v) is 5.21. The summed E-state index contributed by atoms with van der Waals surface area (Å²) in [6.07, 6.45) is 0. The number of carbonyl (C=O) groups is 1. The van der Waals surface area contributed by atoms with Crippen molar-refractivity contribution in [1.29, 1.82) is 0 Å². The Balaban J connectivity index is 3.23. The molecule has 0 heterocycles. The van der Waals surface area contributed by atoms with Crippen molar-refractivity contribution in [3.8, 4) is 5.75 Å². The number of alkyl halides is 2. The molecular formula is C11H11ClF2O3. The predicted molar refractivity (Wildman–Crippen MR) is 58.5 cm³/mol. The number of carbonyl (C=O) groups excluding carboxylic acids is 1. The van der Waals surface area contributed by atoms with Gasteiger partial charge in [0.05, 0.1) is 24.3 Å². The second-order valence-electron chi connectivity index (χ2n) is 3.12. The molecule has 0 bridgehead atoms. The van der Waals surface area contributed by atoms with Crippen molar-refractivity contribution in [2.75, 3.05) is 13.7 Å². The van der Waals surface area contributed by atoms with Gasteiger partial charge >= 0.3 is 11.9 Å². The number of benzene rings is 1. The topological polar surface area (TPSA) is 35.5 Å². The second-order valence-corrected chi connectivity index (χ2v) is 3.52. The fourth-order valence-electron chi connectivity index (χ4n) is 1.30. The van der Waals surface area contributed by atoms with Crippen LogP contribution in [0.15, 0.2) is 18.2 Å². The number of para-hydroxylation sites is 1. The normalized spacial score (nSPS) is 11.1. The molecular weight excluding hydrogens is 254 g/mol. The average molecular weight is 265 g/mol. The lowest BCUT2D eigenvalue weighted by molar-refractivity contribution is -0.173. The zero-order chi connectivity index (χ0) is 13.1. The zero-order valence-corrected chi connectivity index (χ0v) is 10.1. The van der Waals surface area contributed by atoms with Gasteiger partial charge in [0.15, 0.2) is 0 Å². The van der Waals surface area contributed by atoms with E-state index in [2.05, 4.69) is 4.74 Å². The number of rotatable bonds is 4. The first-order valence-electron chi connectivity index (χ1n) is 4.83. The van der Waals surface area contributed by atoms with Gasteiger partial charge in [0, 0.05) is 0 Å². The minimum absolute atomic E-state index is 0.00831. The summed E-state index contributed by atoms with van der Waals surface area (Å²) in [4.78, 5) is 11.2. The van der Waals surface area contributed by atoms with Gasteiger partial charge in [-0.2, -0.15) is 8.78 Å². The number of methoxy groups -OCH3 is 1. The van der Waals surface area contributed by atoms with Crippen LogP contribution >= 0.6 is 11.6 Å². The maximum atomic E-state index is 13.8. The highest BCUT2D eigenvalue weighted by atomic mass is 35.5. The Kier molecular flexibility index (Phi) is 4.28. The fourth-order valence-corrected chi connectivity index (χ4v) is 1.55. The van der Waals surface area contributed by atoms with Crippen molar-refractivity contribution >= 4 is 17.6 Å². The highest BCUT2D eigenvalue weighted by Gasteiger charge is 2.45. The number of hydrogen-bond acceptors (Lipinski definition) is 3. The molecule has 0 aromatic heterocycles.